The Morgan fingerprint density at radius 1 is 1.36 bits per heavy atom. The summed E-state index contributed by atoms with van der Waals surface area (Å²) < 4.78 is 11.4. The molecule has 0 radical (unpaired) electrons. The molecule has 1 saturated carbocycles. The molecule has 2 amide bonds. The molecule has 0 unspecified atom stereocenters. The van der Waals surface area contributed by atoms with Crippen LogP contribution < -0.4 is 10.1 Å². The molecule has 5 heteroatoms. The van der Waals surface area contributed by atoms with Gasteiger partial charge in [-0.15, -0.1) is 0 Å². The van der Waals surface area contributed by atoms with E-state index in [1.807, 2.05) is 43.0 Å². The van der Waals surface area contributed by atoms with Gasteiger partial charge in [0.2, 0.25) is 0 Å². The highest BCUT2D eigenvalue weighted by atomic mass is 16.5. The van der Waals surface area contributed by atoms with Crippen molar-refractivity contribution in [3.8, 4) is 5.75 Å². The van der Waals surface area contributed by atoms with Crippen LogP contribution in [0.3, 0.4) is 0 Å². The number of hydrogen-bond donors (Lipinski definition) is 1. The van der Waals surface area contributed by atoms with E-state index in [0.717, 1.165) is 18.0 Å². The fourth-order valence-electron chi connectivity index (χ4n) is 2.59. The molecule has 3 rings (SSSR count). The number of nitrogens with zero attached hydrogens (tertiary/aromatic N) is 1. The normalized spacial score (nSPS) is 24.9. The van der Waals surface area contributed by atoms with Gasteiger partial charge >= 0.3 is 6.03 Å². The molecule has 0 spiro atoms. The van der Waals surface area contributed by atoms with Crippen molar-refractivity contribution in [1.29, 1.82) is 0 Å². The van der Waals surface area contributed by atoms with Gasteiger partial charge in [0, 0.05) is 6.54 Å². The van der Waals surface area contributed by atoms with Gasteiger partial charge in [-0.05, 0) is 44.7 Å². The Bertz CT molecular complexity index is 530. The molecule has 0 aromatic heterocycles. The molecule has 22 heavy (non-hydrogen) atoms. The number of hydrogen-bond acceptors (Lipinski definition) is 3. The second kappa shape index (κ2) is 6.57. The van der Waals surface area contributed by atoms with Gasteiger partial charge in [0.05, 0.1) is 31.0 Å². The summed E-state index contributed by atoms with van der Waals surface area (Å²) in [5.74, 6) is 1.43. The summed E-state index contributed by atoms with van der Waals surface area (Å²) in [7, 11) is 0. The van der Waals surface area contributed by atoms with Gasteiger partial charge in [-0.1, -0.05) is 12.1 Å². The Morgan fingerprint density at radius 3 is 2.91 bits per heavy atom. The number of urea groups is 1. The third kappa shape index (κ3) is 3.53. The molecule has 1 aliphatic heterocycles. The molecule has 120 valence electrons. The number of carbonyl (C=O) groups is 1. The van der Waals surface area contributed by atoms with Gasteiger partial charge in [0.15, 0.2) is 0 Å². The molecule has 2 fully saturated rings. The summed E-state index contributed by atoms with van der Waals surface area (Å²) in [5, 5.41) is 2.98. The van der Waals surface area contributed by atoms with Gasteiger partial charge < -0.3 is 19.7 Å². The Morgan fingerprint density at radius 2 is 2.14 bits per heavy atom. The maximum atomic E-state index is 12.5. The summed E-state index contributed by atoms with van der Waals surface area (Å²) in [4.78, 5) is 14.4. The molecule has 0 bridgehead atoms. The van der Waals surface area contributed by atoms with Crippen molar-refractivity contribution in [3.63, 3.8) is 0 Å². The molecular weight excluding hydrogens is 280 g/mol. The fourth-order valence-corrected chi connectivity index (χ4v) is 2.59. The molecule has 1 N–H and O–H groups in total. The molecule has 2 aliphatic rings. The molecule has 1 heterocycles. The van der Waals surface area contributed by atoms with Crippen LogP contribution in [0.15, 0.2) is 24.3 Å². The van der Waals surface area contributed by atoms with E-state index in [1.54, 1.807) is 0 Å². The summed E-state index contributed by atoms with van der Waals surface area (Å²) >= 11 is 0. The lowest BCUT2D eigenvalue weighted by atomic mass is 10.1. The van der Waals surface area contributed by atoms with Crippen LogP contribution in [-0.4, -0.2) is 42.8 Å². The zero-order valence-electron chi connectivity index (χ0n) is 13.2. The van der Waals surface area contributed by atoms with Crippen molar-refractivity contribution >= 4 is 11.7 Å². The van der Waals surface area contributed by atoms with Crippen molar-refractivity contribution in [3.05, 3.63) is 24.3 Å². The van der Waals surface area contributed by atoms with Gasteiger partial charge in [-0.3, -0.25) is 0 Å². The number of morpholine rings is 1. The van der Waals surface area contributed by atoms with Gasteiger partial charge in [0.1, 0.15) is 5.75 Å². The largest absolute Gasteiger partial charge is 0.491 e. The second-order valence-electron chi connectivity index (χ2n) is 6.19. The minimum atomic E-state index is -0.0925. The standard InChI is InChI=1S/C17H24N2O3/c1-12-13(2)21-10-9-19(12)17(20)18-15-5-3-4-6-16(15)22-11-14-7-8-14/h3-6,12-14H,7-11H2,1-2H3,(H,18,20)/t12-,13-/m0/s1. The van der Waals surface area contributed by atoms with E-state index in [0.29, 0.717) is 19.1 Å². The lowest BCUT2D eigenvalue weighted by Crippen LogP contribution is -2.52. The third-order valence-corrected chi connectivity index (χ3v) is 4.44. The Labute approximate surface area is 131 Å². The van der Waals surface area contributed by atoms with Gasteiger partial charge in [-0.25, -0.2) is 4.79 Å². The monoisotopic (exact) mass is 304 g/mol. The first-order valence-electron chi connectivity index (χ1n) is 8.06. The van der Waals surface area contributed by atoms with Crippen LogP contribution in [0.4, 0.5) is 10.5 Å². The van der Waals surface area contributed by atoms with E-state index < -0.39 is 0 Å². The van der Waals surface area contributed by atoms with E-state index in [2.05, 4.69) is 5.32 Å². The molecule has 1 aromatic rings. The van der Waals surface area contributed by atoms with E-state index >= 15 is 0 Å². The quantitative estimate of drug-likeness (QED) is 0.930. The van der Waals surface area contributed by atoms with E-state index in [-0.39, 0.29) is 18.2 Å². The highest BCUT2D eigenvalue weighted by molar-refractivity contribution is 5.91. The fraction of sp³-hybridized carbons (Fsp3) is 0.588. The Balaban J connectivity index is 1.65. The van der Waals surface area contributed by atoms with Crippen LogP contribution in [0, 0.1) is 5.92 Å². The molecular formula is C17H24N2O3. The average Bonchev–Trinajstić information content (AvgIpc) is 3.33. The Kier molecular flexibility index (Phi) is 4.52. The Hall–Kier alpha value is -1.75. The van der Waals surface area contributed by atoms with Crippen molar-refractivity contribution in [1.82, 2.24) is 4.90 Å². The first kappa shape index (κ1) is 15.2. The summed E-state index contributed by atoms with van der Waals surface area (Å²) in [6, 6.07) is 7.60. The van der Waals surface area contributed by atoms with Crippen molar-refractivity contribution < 1.29 is 14.3 Å². The lowest BCUT2D eigenvalue weighted by Gasteiger charge is -2.37. The molecule has 1 aromatic carbocycles. The number of carbonyl (C=O) groups excluding carboxylic acids is 1. The molecule has 2 atom stereocenters. The number of ether oxygens (including phenoxy) is 2. The number of anilines is 1. The maximum absolute atomic E-state index is 12.5. The van der Waals surface area contributed by atoms with Crippen LogP contribution in [-0.2, 0) is 4.74 Å². The van der Waals surface area contributed by atoms with Crippen molar-refractivity contribution in [2.75, 3.05) is 25.1 Å². The average molecular weight is 304 g/mol. The highest BCUT2D eigenvalue weighted by Crippen LogP contribution is 2.32. The van der Waals surface area contributed by atoms with Crippen LogP contribution in [0.2, 0.25) is 0 Å². The number of para-hydroxylation sites is 2. The summed E-state index contributed by atoms with van der Waals surface area (Å²) in [5.41, 5.74) is 0.736. The zero-order chi connectivity index (χ0) is 15.5. The van der Waals surface area contributed by atoms with Crippen molar-refractivity contribution in [2.24, 2.45) is 5.92 Å². The van der Waals surface area contributed by atoms with Crippen molar-refractivity contribution in [2.45, 2.75) is 38.8 Å². The van der Waals surface area contributed by atoms with Gasteiger partial charge in [-0.2, -0.15) is 0 Å². The molecule has 1 saturated heterocycles. The minimum absolute atomic E-state index is 0.0564. The molecule has 5 nitrogen and oxygen atoms in total. The predicted octanol–water partition coefficient (Wildman–Crippen LogP) is 3.12. The second-order valence-corrected chi connectivity index (χ2v) is 6.19. The lowest BCUT2D eigenvalue weighted by molar-refractivity contribution is -0.0355. The van der Waals surface area contributed by atoms with Crippen LogP contribution in [0.25, 0.3) is 0 Å². The maximum Gasteiger partial charge on any atom is 0.322 e. The first-order chi connectivity index (χ1) is 10.6. The van der Waals surface area contributed by atoms with Gasteiger partial charge in [0.25, 0.3) is 0 Å². The number of benzene rings is 1. The van der Waals surface area contributed by atoms with Crippen LogP contribution in [0.5, 0.6) is 5.75 Å². The number of amides is 2. The predicted molar refractivity (Wildman–Crippen MR) is 85.3 cm³/mol. The zero-order valence-corrected chi connectivity index (χ0v) is 13.2. The first-order valence-corrected chi connectivity index (χ1v) is 8.06. The van der Waals surface area contributed by atoms with Crippen LogP contribution >= 0.6 is 0 Å². The smallest absolute Gasteiger partial charge is 0.322 e. The SMILES string of the molecule is C[C@@H]1OCCN(C(=O)Nc2ccccc2OCC2CC2)[C@H]1C. The van der Waals surface area contributed by atoms with E-state index in [9.17, 15) is 4.79 Å². The highest BCUT2D eigenvalue weighted by Gasteiger charge is 2.29. The topological polar surface area (TPSA) is 50.8 Å². The van der Waals surface area contributed by atoms with Crippen LogP contribution in [0.1, 0.15) is 26.7 Å². The van der Waals surface area contributed by atoms with E-state index in [1.165, 1.54) is 12.8 Å². The number of nitrogens with one attached hydrogen (secondary N) is 1. The minimum Gasteiger partial charge on any atom is -0.491 e. The summed E-state index contributed by atoms with van der Waals surface area (Å²) in [6.45, 7) is 5.94. The molecule has 1 aliphatic carbocycles. The number of rotatable bonds is 4. The van der Waals surface area contributed by atoms with E-state index in [4.69, 9.17) is 9.47 Å². The summed E-state index contributed by atoms with van der Waals surface area (Å²) in [6.07, 6.45) is 2.55. The third-order valence-electron chi connectivity index (χ3n) is 4.44.